The molecule has 0 heterocycles. The molecular formula is C13H15FN2O2S. The number of sulfonamides is 1. The number of hydrogen-bond donors (Lipinski definition) is 1. The Labute approximate surface area is 112 Å². The van der Waals surface area contributed by atoms with Gasteiger partial charge in [0.25, 0.3) is 0 Å². The van der Waals surface area contributed by atoms with E-state index < -0.39 is 15.8 Å². The van der Waals surface area contributed by atoms with Crippen LogP contribution in [0.25, 0.3) is 0 Å². The number of nitrogens with two attached hydrogens (primary N) is 1. The zero-order valence-electron chi connectivity index (χ0n) is 10.3. The minimum Gasteiger partial charge on any atom is -0.396 e. The Morgan fingerprint density at radius 1 is 1.47 bits per heavy atom. The smallest absolute Gasteiger partial charge is 0.244 e. The van der Waals surface area contributed by atoms with E-state index in [4.69, 9.17) is 12.2 Å². The van der Waals surface area contributed by atoms with Crippen LogP contribution in [0.15, 0.2) is 23.1 Å². The molecule has 1 aliphatic rings. The molecule has 1 aromatic carbocycles. The average molecular weight is 282 g/mol. The van der Waals surface area contributed by atoms with Crippen LogP contribution < -0.4 is 5.73 Å². The summed E-state index contributed by atoms with van der Waals surface area (Å²) in [5.74, 6) is 1.95. The molecule has 2 rings (SSSR count). The third kappa shape index (κ3) is 3.06. The largest absolute Gasteiger partial charge is 0.396 e. The van der Waals surface area contributed by atoms with Gasteiger partial charge in [0.15, 0.2) is 0 Å². The second-order valence-corrected chi connectivity index (χ2v) is 6.57. The van der Waals surface area contributed by atoms with Crippen LogP contribution in [0.1, 0.15) is 12.8 Å². The summed E-state index contributed by atoms with van der Waals surface area (Å²) in [6.07, 6.45) is 7.22. The minimum absolute atomic E-state index is 0.00910. The molecule has 0 amide bonds. The van der Waals surface area contributed by atoms with E-state index in [-0.39, 0.29) is 17.1 Å². The standard InChI is InChI=1S/C13H15FN2O2S/c1-2-7-16(9-10-3-4-10)19(17,18)11-5-6-13(15)12(14)8-11/h1,5-6,8,10H,3-4,7,9,15H2. The van der Waals surface area contributed by atoms with Crippen LogP contribution in [-0.4, -0.2) is 25.8 Å². The Kier molecular flexibility index (Phi) is 3.78. The molecule has 102 valence electrons. The lowest BCUT2D eigenvalue weighted by atomic mass is 10.3. The molecule has 0 bridgehead atoms. The fourth-order valence-corrected chi connectivity index (χ4v) is 3.20. The summed E-state index contributed by atoms with van der Waals surface area (Å²) < 4.78 is 39.3. The van der Waals surface area contributed by atoms with Gasteiger partial charge >= 0.3 is 0 Å². The van der Waals surface area contributed by atoms with Crippen LogP contribution in [0.2, 0.25) is 0 Å². The molecule has 1 fully saturated rings. The second-order valence-electron chi connectivity index (χ2n) is 4.63. The monoisotopic (exact) mass is 282 g/mol. The van der Waals surface area contributed by atoms with Crippen molar-refractivity contribution >= 4 is 15.7 Å². The van der Waals surface area contributed by atoms with E-state index in [2.05, 4.69) is 5.92 Å². The van der Waals surface area contributed by atoms with Crippen molar-refractivity contribution < 1.29 is 12.8 Å². The first kappa shape index (κ1) is 13.8. The van der Waals surface area contributed by atoms with Crippen molar-refractivity contribution in [1.29, 1.82) is 0 Å². The molecule has 0 aromatic heterocycles. The highest BCUT2D eigenvalue weighted by atomic mass is 32.2. The molecule has 0 atom stereocenters. The van der Waals surface area contributed by atoms with E-state index in [0.29, 0.717) is 12.5 Å². The third-order valence-corrected chi connectivity index (χ3v) is 4.84. The maximum Gasteiger partial charge on any atom is 0.244 e. The average Bonchev–Trinajstić information content (AvgIpc) is 3.16. The lowest BCUT2D eigenvalue weighted by Crippen LogP contribution is -2.33. The fourth-order valence-electron chi connectivity index (χ4n) is 1.76. The summed E-state index contributed by atoms with van der Waals surface area (Å²) in [7, 11) is -3.76. The fraction of sp³-hybridized carbons (Fsp3) is 0.385. The molecule has 4 nitrogen and oxygen atoms in total. The van der Waals surface area contributed by atoms with Crippen molar-refractivity contribution in [1.82, 2.24) is 4.31 Å². The highest BCUT2D eigenvalue weighted by Gasteiger charge is 2.31. The van der Waals surface area contributed by atoms with E-state index in [9.17, 15) is 12.8 Å². The minimum atomic E-state index is -3.76. The third-order valence-electron chi connectivity index (χ3n) is 3.04. The Morgan fingerprint density at radius 2 is 2.16 bits per heavy atom. The van der Waals surface area contributed by atoms with Gasteiger partial charge in [-0.25, -0.2) is 12.8 Å². The summed E-state index contributed by atoms with van der Waals surface area (Å²) >= 11 is 0. The van der Waals surface area contributed by atoms with Crippen molar-refractivity contribution in [2.45, 2.75) is 17.7 Å². The number of rotatable bonds is 5. The number of terminal acetylenes is 1. The van der Waals surface area contributed by atoms with Gasteiger partial charge in [0.2, 0.25) is 10.0 Å². The Bertz CT molecular complexity index is 618. The van der Waals surface area contributed by atoms with Gasteiger partial charge in [0.05, 0.1) is 17.1 Å². The highest BCUT2D eigenvalue weighted by Crippen LogP contribution is 2.31. The molecule has 0 unspecified atom stereocenters. The summed E-state index contributed by atoms with van der Waals surface area (Å²) in [6, 6.07) is 3.47. The van der Waals surface area contributed by atoms with Gasteiger partial charge in [-0.05, 0) is 37.0 Å². The van der Waals surface area contributed by atoms with Gasteiger partial charge in [-0.3, -0.25) is 0 Å². The topological polar surface area (TPSA) is 63.4 Å². The van der Waals surface area contributed by atoms with Gasteiger partial charge in [0, 0.05) is 6.54 Å². The highest BCUT2D eigenvalue weighted by molar-refractivity contribution is 7.89. The SMILES string of the molecule is C#CCN(CC1CC1)S(=O)(=O)c1ccc(N)c(F)c1. The first-order chi connectivity index (χ1) is 8.95. The van der Waals surface area contributed by atoms with Gasteiger partial charge in [-0.15, -0.1) is 6.42 Å². The van der Waals surface area contributed by atoms with Crippen molar-refractivity contribution in [2.24, 2.45) is 5.92 Å². The number of benzene rings is 1. The molecule has 1 saturated carbocycles. The van der Waals surface area contributed by atoms with Crippen molar-refractivity contribution in [2.75, 3.05) is 18.8 Å². The molecule has 2 N–H and O–H groups in total. The summed E-state index contributed by atoms with van der Waals surface area (Å²) in [5, 5.41) is 0. The zero-order chi connectivity index (χ0) is 14.0. The van der Waals surface area contributed by atoms with Gasteiger partial charge < -0.3 is 5.73 Å². The molecule has 1 aromatic rings. The molecule has 0 radical (unpaired) electrons. The number of anilines is 1. The summed E-state index contributed by atoms with van der Waals surface area (Å²) in [4.78, 5) is -0.116. The van der Waals surface area contributed by atoms with Gasteiger partial charge in [0.1, 0.15) is 5.82 Å². The Morgan fingerprint density at radius 3 is 2.68 bits per heavy atom. The number of halogens is 1. The van der Waals surface area contributed by atoms with Gasteiger partial charge in [-0.1, -0.05) is 5.92 Å². The van der Waals surface area contributed by atoms with Crippen LogP contribution in [0.4, 0.5) is 10.1 Å². The van der Waals surface area contributed by atoms with Crippen LogP contribution in [0.3, 0.4) is 0 Å². The maximum atomic E-state index is 13.4. The Hall–Kier alpha value is -1.58. The molecule has 6 heteroatoms. The summed E-state index contributed by atoms with van der Waals surface area (Å²) in [6.45, 7) is 0.378. The lowest BCUT2D eigenvalue weighted by Gasteiger charge is -2.19. The molecule has 0 spiro atoms. The van der Waals surface area contributed by atoms with E-state index in [1.54, 1.807) is 0 Å². The zero-order valence-corrected chi connectivity index (χ0v) is 11.2. The normalized spacial score (nSPS) is 15.4. The molecule has 0 saturated heterocycles. The number of hydrogen-bond acceptors (Lipinski definition) is 3. The predicted molar refractivity (Wildman–Crippen MR) is 71.1 cm³/mol. The quantitative estimate of drug-likeness (QED) is 0.656. The molecule has 1 aliphatic carbocycles. The molecule has 0 aliphatic heterocycles. The number of nitrogens with zero attached hydrogens (tertiary/aromatic N) is 1. The van der Waals surface area contributed by atoms with E-state index in [0.717, 1.165) is 18.9 Å². The van der Waals surface area contributed by atoms with Crippen molar-refractivity contribution in [3.05, 3.63) is 24.0 Å². The molecule has 19 heavy (non-hydrogen) atoms. The van der Waals surface area contributed by atoms with Crippen molar-refractivity contribution in [3.63, 3.8) is 0 Å². The van der Waals surface area contributed by atoms with Crippen LogP contribution in [-0.2, 0) is 10.0 Å². The Balaban J connectivity index is 2.32. The van der Waals surface area contributed by atoms with Crippen LogP contribution >= 0.6 is 0 Å². The summed E-state index contributed by atoms with van der Waals surface area (Å²) in [5.41, 5.74) is 5.26. The van der Waals surface area contributed by atoms with Crippen LogP contribution in [0, 0.1) is 24.1 Å². The number of nitrogen functional groups attached to an aromatic ring is 1. The van der Waals surface area contributed by atoms with E-state index in [1.165, 1.54) is 16.4 Å². The maximum absolute atomic E-state index is 13.4. The van der Waals surface area contributed by atoms with Gasteiger partial charge in [-0.2, -0.15) is 4.31 Å². The first-order valence-electron chi connectivity index (χ1n) is 5.94. The first-order valence-corrected chi connectivity index (χ1v) is 7.38. The predicted octanol–water partition coefficient (Wildman–Crippen LogP) is 1.44. The molecular weight excluding hydrogens is 267 g/mol. The lowest BCUT2D eigenvalue weighted by molar-refractivity contribution is 0.429. The van der Waals surface area contributed by atoms with E-state index >= 15 is 0 Å². The van der Waals surface area contributed by atoms with E-state index in [1.807, 2.05) is 0 Å². The van der Waals surface area contributed by atoms with Crippen LogP contribution in [0.5, 0.6) is 0 Å². The second kappa shape index (κ2) is 5.19. The van der Waals surface area contributed by atoms with Crippen molar-refractivity contribution in [3.8, 4) is 12.3 Å².